The number of carbonyl (C=O) groups is 1. The number of hydrogen-bond acceptors (Lipinski definition) is 2. The van der Waals surface area contributed by atoms with E-state index in [1.54, 1.807) is 12.1 Å². The monoisotopic (exact) mass is 246 g/mol. The maximum Gasteiger partial charge on any atom is 0.336 e. The molecule has 0 atom stereocenters. The van der Waals surface area contributed by atoms with E-state index in [-0.39, 0.29) is 29.6 Å². The van der Waals surface area contributed by atoms with Gasteiger partial charge in [0.2, 0.25) is 0 Å². The summed E-state index contributed by atoms with van der Waals surface area (Å²) in [6.07, 6.45) is 0. The van der Waals surface area contributed by atoms with Gasteiger partial charge in [-0.05, 0) is 24.3 Å². The molecule has 0 aliphatic heterocycles. The molecule has 3 nitrogen and oxygen atoms in total. The molecule has 0 aliphatic rings. The minimum Gasteiger partial charge on any atom is -0.478 e. The summed E-state index contributed by atoms with van der Waals surface area (Å²) in [5.41, 5.74) is 1.88. The van der Waals surface area contributed by atoms with Crippen LogP contribution in [-0.2, 0) is 0 Å². The third kappa shape index (κ3) is 2.12. The molecule has 0 aliphatic carbocycles. The molecular weight excluding hydrogens is 237 g/mol. The first-order valence-corrected chi connectivity index (χ1v) is 5.27. The van der Waals surface area contributed by atoms with Crippen LogP contribution in [0.4, 0.5) is 0 Å². The normalized spacial score (nSPS) is 10.2. The van der Waals surface area contributed by atoms with Crippen LogP contribution in [-0.4, -0.2) is 45.6 Å². The first-order chi connectivity index (χ1) is 8.25. The van der Waals surface area contributed by atoms with Crippen LogP contribution in [0, 0.1) is 0 Å². The van der Waals surface area contributed by atoms with Crippen LogP contribution in [0.3, 0.4) is 0 Å². The molecule has 0 bridgehead atoms. The second kappa shape index (κ2) is 5.06. The fourth-order valence-corrected chi connectivity index (χ4v) is 1.99. The largest absolute Gasteiger partial charge is 0.478 e. The number of rotatable bonds is 1. The molecule has 0 unspecified atom stereocenters. The molecule has 0 amide bonds. The van der Waals surface area contributed by atoms with Gasteiger partial charge in [-0.25, -0.2) is 9.78 Å². The van der Waals surface area contributed by atoms with Crippen LogP contribution < -0.4 is 0 Å². The summed E-state index contributed by atoms with van der Waals surface area (Å²) in [5, 5.41) is 10.8. The van der Waals surface area contributed by atoms with Gasteiger partial charge in [0.15, 0.2) is 0 Å². The minimum absolute atomic E-state index is 0. The molecule has 1 radical (unpaired) electrons. The minimum atomic E-state index is -0.923. The summed E-state index contributed by atoms with van der Waals surface area (Å²) in [6, 6.07) is 14.7. The zero-order valence-electron chi connectivity index (χ0n) is 9.92. The molecule has 83 valence electrons. The molecule has 3 rings (SSSR count). The van der Waals surface area contributed by atoms with Gasteiger partial charge in [-0.1, -0.05) is 24.3 Å². The van der Waals surface area contributed by atoms with Gasteiger partial charge in [0.25, 0.3) is 0 Å². The molecule has 2 aromatic carbocycles. The Morgan fingerprint density at radius 2 is 1.72 bits per heavy atom. The molecule has 4 heteroatoms. The predicted molar refractivity (Wildman–Crippen MR) is 72.0 cm³/mol. The van der Waals surface area contributed by atoms with E-state index in [2.05, 4.69) is 4.98 Å². The SMILES string of the molecule is O=C(O)c1cccc2nc3ccccc3cc12.[Na]. The van der Waals surface area contributed by atoms with Gasteiger partial charge in [-0.3, -0.25) is 0 Å². The number of carboxylic acid groups (broad SMARTS) is 1. The molecular formula is C14H9NNaO2. The maximum absolute atomic E-state index is 11.1. The van der Waals surface area contributed by atoms with Crippen molar-refractivity contribution in [1.82, 2.24) is 4.98 Å². The molecule has 0 saturated heterocycles. The summed E-state index contributed by atoms with van der Waals surface area (Å²) in [6.45, 7) is 0. The van der Waals surface area contributed by atoms with E-state index in [0.29, 0.717) is 16.5 Å². The molecule has 1 heterocycles. The average molecular weight is 246 g/mol. The van der Waals surface area contributed by atoms with Crippen LogP contribution in [0.5, 0.6) is 0 Å². The van der Waals surface area contributed by atoms with Crippen molar-refractivity contribution in [3.05, 3.63) is 54.1 Å². The topological polar surface area (TPSA) is 50.2 Å². The van der Waals surface area contributed by atoms with Gasteiger partial charge < -0.3 is 5.11 Å². The Labute approximate surface area is 126 Å². The number of aromatic carboxylic acids is 1. The Morgan fingerprint density at radius 3 is 2.50 bits per heavy atom. The van der Waals surface area contributed by atoms with Gasteiger partial charge >= 0.3 is 5.97 Å². The van der Waals surface area contributed by atoms with Crippen molar-refractivity contribution in [3.63, 3.8) is 0 Å². The van der Waals surface area contributed by atoms with Crippen LogP contribution in [0.1, 0.15) is 10.4 Å². The van der Waals surface area contributed by atoms with Crippen molar-refractivity contribution < 1.29 is 9.90 Å². The average Bonchev–Trinajstić information content (AvgIpc) is 2.35. The molecule has 1 N–H and O–H groups in total. The van der Waals surface area contributed by atoms with E-state index in [0.717, 1.165) is 10.9 Å². The summed E-state index contributed by atoms with van der Waals surface area (Å²) in [5.74, 6) is -0.923. The van der Waals surface area contributed by atoms with Gasteiger partial charge in [0.1, 0.15) is 0 Å². The van der Waals surface area contributed by atoms with Crippen LogP contribution in [0.15, 0.2) is 48.5 Å². The van der Waals surface area contributed by atoms with Crippen LogP contribution in [0.2, 0.25) is 0 Å². The van der Waals surface area contributed by atoms with E-state index >= 15 is 0 Å². The quantitative estimate of drug-likeness (QED) is 0.530. The van der Waals surface area contributed by atoms with Crippen molar-refractivity contribution in [1.29, 1.82) is 0 Å². The summed E-state index contributed by atoms with van der Waals surface area (Å²) in [7, 11) is 0. The Kier molecular flexibility index (Phi) is 3.66. The molecule has 0 spiro atoms. The fraction of sp³-hybridized carbons (Fsp3) is 0. The third-order valence-corrected chi connectivity index (χ3v) is 2.79. The first kappa shape index (κ1) is 13.0. The fourth-order valence-electron chi connectivity index (χ4n) is 1.99. The number of pyridine rings is 1. The second-order valence-corrected chi connectivity index (χ2v) is 3.86. The smallest absolute Gasteiger partial charge is 0.336 e. The van der Waals surface area contributed by atoms with E-state index < -0.39 is 5.97 Å². The molecule has 18 heavy (non-hydrogen) atoms. The van der Waals surface area contributed by atoms with Gasteiger partial charge in [-0.2, -0.15) is 0 Å². The third-order valence-electron chi connectivity index (χ3n) is 2.79. The van der Waals surface area contributed by atoms with E-state index in [4.69, 9.17) is 5.11 Å². The Hall–Kier alpha value is -1.42. The van der Waals surface area contributed by atoms with Gasteiger partial charge in [0, 0.05) is 40.3 Å². The number of para-hydroxylation sites is 1. The summed E-state index contributed by atoms with van der Waals surface area (Å²) < 4.78 is 0. The van der Waals surface area contributed by atoms with Gasteiger partial charge in [0.05, 0.1) is 16.6 Å². The molecule has 3 aromatic rings. The zero-order chi connectivity index (χ0) is 11.8. The predicted octanol–water partition coefficient (Wildman–Crippen LogP) is 2.71. The number of carboxylic acids is 1. The number of aromatic nitrogens is 1. The maximum atomic E-state index is 11.1. The van der Waals surface area contributed by atoms with Crippen molar-refractivity contribution in [2.24, 2.45) is 0 Å². The van der Waals surface area contributed by atoms with Crippen LogP contribution >= 0.6 is 0 Å². The van der Waals surface area contributed by atoms with E-state index in [1.165, 1.54) is 0 Å². The zero-order valence-corrected chi connectivity index (χ0v) is 11.9. The van der Waals surface area contributed by atoms with Crippen molar-refractivity contribution >= 4 is 57.3 Å². The Balaban J connectivity index is 0.00000120. The molecule has 0 fully saturated rings. The number of benzene rings is 2. The van der Waals surface area contributed by atoms with Crippen molar-refractivity contribution in [2.45, 2.75) is 0 Å². The van der Waals surface area contributed by atoms with Crippen molar-refractivity contribution in [3.8, 4) is 0 Å². The van der Waals surface area contributed by atoms with E-state index in [1.807, 2.05) is 36.4 Å². The van der Waals surface area contributed by atoms with Crippen molar-refractivity contribution in [2.75, 3.05) is 0 Å². The number of fused-ring (bicyclic) bond motifs is 2. The van der Waals surface area contributed by atoms with Crippen LogP contribution in [0.25, 0.3) is 21.8 Å². The second-order valence-electron chi connectivity index (χ2n) is 3.86. The Morgan fingerprint density at radius 1 is 1.00 bits per heavy atom. The number of nitrogens with zero attached hydrogens (tertiary/aromatic N) is 1. The number of hydrogen-bond donors (Lipinski definition) is 1. The van der Waals surface area contributed by atoms with Gasteiger partial charge in [-0.15, -0.1) is 0 Å². The Bertz CT molecular complexity index is 740. The first-order valence-electron chi connectivity index (χ1n) is 5.27. The summed E-state index contributed by atoms with van der Waals surface area (Å²) in [4.78, 5) is 15.6. The molecule has 0 saturated carbocycles. The summed E-state index contributed by atoms with van der Waals surface area (Å²) >= 11 is 0. The van der Waals surface area contributed by atoms with E-state index in [9.17, 15) is 4.79 Å². The molecule has 1 aromatic heterocycles. The standard InChI is InChI=1S/C14H9NO2.Na/c16-14(17)10-5-3-7-13-11(10)8-9-4-1-2-6-12(9)15-13;/h1-8H,(H,16,17);.